The zero-order valence-electron chi connectivity index (χ0n) is 7.25. The largest absolute Gasteiger partial charge is 0.647 e. The topological polar surface area (TPSA) is 95.7 Å². The quantitative estimate of drug-likeness (QED) is 0.568. The molecule has 0 fully saturated rings. The molecule has 82 valence electrons. The summed E-state index contributed by atoms with van der Waals surface area (Å²) in [5.74, 6) is 0.180. The van der Waals surface area contributed by atoms with Gasteiger partial charge in [0.15, 0.2) is 16.8 Å². The highest BCUT2D eigenvalue weighted by molar-refractivity contribution is 7.50. The summed E-state index contributed by atoms with van der Waals surface area (Å²) in [4.78, 5) is 0.480. The van der Waals surface area contributed by atoms with Gasteiger partial charge >= 0.3 is 7.82 Å². The molecule has 0 amide bonds. The summed E-state index contributed by atoms with van der Waals surface area (Å²) in [7, 11) is -3.69. The van der Waals surface area contributed by atoms with Crippen molar-refractivity contribution in [3.05, 3.63) is 5.02 Å². The fourth-order valence-corrected chi connectivity index (χ4v) is 3.34. The number of fused-ring (bicyclic) bond motifs is 5. The first-order chi connectivity index (χ1) is 7.59. The van der Waals surface area contributed by atoms with Crippen LogP contribution in [0.25, 0.3) is 11.0 Å². The smallest absolute Gasteiger partial charge is 0.410 e. The van der Waals surface area contributed by atoms with E-state index in [1.54, 1.807) is 0 Å². The van der Waals surface area contributed by atoms with Gasteiger partial charge in [-0.25, -0.2) is 0 Å². The normalized spacial score (nSPS) is 24.3. The van der Waals surface area contributed by atoms with E-state index in [1.807, 2.05) is 0 Å². The lowest BCUT2D eigenvalue weighted by Crippen LogP contribution is -2.04. The number of benzene rings is 1. The second-order valence-electron chi connectivity index (χ2n) is 3.20. The van der Waals surface area contributed by atoms with Crippen molar-refractivity contribution in [1.82, 2.24) is 15.2 Å². The van der Waals surface area contributed by atoms with E-state index in [-0.39, 0.29) is 33.3 Å². The SMILES string of the molecule is O=P12Oc3c(Cl)c(c4c(nnn4O)c3O1)O2. The number of hydrogen-bond donors (Lipinski definition) is 1. The number of hydrogen-bond acceptors (Lipinski definition) is 7. The highest BCUT2D eigenvalue weighted by Gasteiger charge is 2.51. The molecule has 1 aromatic heterocycles. The van der Waals surface area contributed by atoms with Crippen molar-refractivity contribution in [2.75, 3.05) is 0 Å². The van der Waals surface area contributed by atoms with Crippen molar-refractivity contribution in [3.8, 4) is 17.2 Å². The summed E-state index contributed by atoms with van der Waals surface area (Å²) >= 11 is 5.92. The number of aromatic nitrogens is 3. The van der Waals surface area contributed by atoms with E-state index in [0.717, 1.165) is 0 Å². The standard InChI is InChI=1S/C6HClN3O5P/c7-1-4-3-2(8-9-10(3)11)6-5(1)14-16(12,13-4)15-6/h11H. The number of phosphoric ester groups is 1. The molecule has 16 heavy (non-hydrogen) atoms. The first kappa shape index (κ1) is 8.49. The van der Waals surface area contributed by atoms with E-state index in [0.29, 0.717) is 4.85 Å². The monoisotopic (exact) mass is 261 g/mol. The van der Waals surface area contributed by atoms with Crippen LogP contribution in [0.4, 0.5) is 0 Å². The van der Waals surface area contributed by atoms with Crippen molar-refractivity contribution in [2.24, 2.45) is 0 Å². The Morgan fingerprint density at radius 3 is 2.75 bits per heavy atom. The molecular weight excluding hydrogens is 261 g/mol. The molecule has 2 aliphatic heterocycles. The van der Waals surface area contributed by atoms with Gasteiger partial charge in [0.25, 0.3) is 0 Å². The molecule has 0 saturated carbocycles. The van der Waals surface area contributed by atoms with Crippen LogP contribution >= 0.6 is 19.4 Å². The Morgan fingerprint density at radius 1 is 1.25 bits per heavy atom. The Kier molecular flexibility index (Phi) is 1.17. The summed E-state index contributed by atoms with van der Waals surface area (Å²) in [6.45, 7) is 0. The van der Waals surface area contributed by atoms with Gasteiger partial charge in [-0.05, 0) is 5.21 Å². The molecule has 0 radical (unpaired) electrons. The molecule has 1 N–H and O–H groups in total. The fraction of sp³-hybridized carbons (Fsp3) is 0. The molecule has 3 heterocycles. The highest BCUT2D eigenvalue weighted by atomic mass is 35.5. The predicted molar refractivity (Wildman–Crippen MR) is 49.2 cm³/mol. The van der Waals surface area contributed by atoms with Gasteiger partial charge in [0.1, 0.15) is 5.02 Å². The Bertz CT molecular complexity index is 712. The number of rotatable bonds is 0. The van der Waals surface area contributed by atoms with Crippen LogP contribution in [0.1, 0.15) is 0 Å². The molecule has 0 aliphatic carbocycles. The molecule has 3 bridgehead atoms. The maximum Gasteiger partial charge on any atom is 0.647 e. The predicted octanol–water partition coefficient (Wildman–Crippen LogP) is 1.59. The third-order valence-electron chi connectivity index (χ3n) is 2.30. The van der Waals surface area contributed by atoms with Gasteiger partial charge in [-0.1, -0.05) is 16.4 Å². The molecular formula is C6HClN3O5P. The van der Waals surface area contributed by atoms with Crippen molar-refractivity contribution < 1.29 is 23.3 Å². The van der Waals surface area contributed by atoms with Crippen LogP contribution in [-0.4, -0.2) is 20.4 Å². The van der Waals surface area contributed by atoms with E-state index in [1.165, 1.54) is 0 Å². The van der Waals surface area contributed by atoms with Crippen LogP contribution in [0.3, 0.4) is 0 Å². The molecule has 1 atom stereocenters. The van der Waals surface area contributed by atoms with Crippen LogP contribution in [0.2, 0.25) is 5.02 Å². The average molecular weight is 262 g/mol. The van der Waals surface area contributed by atoms with Crippen molar-refractivity contribution in [1.29, 1.82) is 0 Å². The molecule has 0 spiro atoms. The number of phosphoric acid groups is 1. The first-order valence-corrected chi connectivity index (χ1v) is 5.92. The maximum absolute atomic E-state index is 11.8. The lowest BCUT2D eigenvalue weighted by atomic mass is 10.2. The zero-order valence-corrected chi connectivity index (χ0v) is 8.90. The van der Waals surface area contributed by atoms with E-state index in [4.69, 9.17) is 25.2 Å². The Morgan fingerprint density at radius 2 is 1.94 bits per heavy atom. The summed E-state index contributed by atoms with van der Waals surface area (Å²) in [6.07, 6.45) is 0. The van der Waals surface area contributed by atoms with Crippen LogP contribution in [-0.2, 0) is 4.57 Å². The van der Waals surface area contributed by atoms with Crippen LogP contribution in [0.15, 0.2) is 0 Å². The van der Waals surface area contributed by atoms with E-state index < -0.39 is 7.82 Å². The van der Waals surface area contributed by atoms with Gasteiger partial charge in [0.2, 0.25) is 11.5 Å². The number of halogens is 1. The van der Waals surface area contributed by atoms with Crippen LogP contribution in [0.5, 0.6) is 17.2 Å². The zero-order chi connectivity index (χ0) is 11.1. The second kappa shape index (κ2) is 2.21. The van der Waals surface area contributed by atoms with Crippen molar-refractivity contribution in [3.63, 3.8) is 0 Å². The van der Waals surface area contributed by atoms with E-state index in [9.17, 15) is 9.77 Å². The molecule has 1 aromatic carbocycles. The summed E-state index contributed by atoms with van der Waals surface area (Å²) in [5, 5.41) is 16.5. The molecule has 10 heteroatoms. The first-order valence-electron chi connectivity index (χ1n) is 4.08. The number of nitrogens with zero attached hydrogens (tertiary/aromatic N) is 3. The minimum Gasteiger partial charge on any atom is -0.410 e. The van der Waals surface area contributed by atoms with E-state index >= 15 is 0 Å². The van der Waals surface area contributed by atoms with Gasteiger partial charge in [-0.3, -0.25) is 0 Å². The van der Waals surface area contributed by atoms with Crippen LogP contribution in [0, 0.1) is 0 Å². The molecule has 2 aromatic rings. The minimum atomic E-state index is -3.69. The third kappa shape index (κ3) is 0.739. The lowest BCUT2D eigenvalue weighted by Gasteiger charge is -2.15. The van der Waals surface area contributed by atoms with Gasteiger partial charge in [0.05, 0.1) is 0 Å². The van der Waals surface area contributed by atoms with Gasteiger partial charge in [0, 0.05) is 0 Å². The van der Waals surface area contributed by atoms with Crippen LogP contribution < -0.4 is 13.6 Å². The summed E-state index contributed by atoms with van der Waals surface area (Å²) in [5.41, 5.74) is 0.289. The lowest BCUT2D eigenvalue weighted by molar-refractivity contribution is 0.153. The molecule has 8 nitrogen and oxygen atoms in total. The van der Waals surface area contributed by atoms with Crippen molar-refractivity contribution >= 4 is 30.5 Å². The summed E-state index contributed by atoms with van der Waals surface area (Å²) < 4.78 is 26.7. The molecule has 4 rings (SSSR count). The Labute approximate surface area is 91.8 Å². The highest BCUT2D eigenvalue weighted by Crippen LogP contribution is 2.69. The third-order valence-corrected chi connectivity index (χ3v) is 3.86. The van der Waals surface area contributed by atoms with Crippen molar-refractivity contribution in [2.45, 2.75) is 0 Å². The second-order valence-corrected chi connectivity index (χ2v) is 5.02. The van der Waals surface area contributed by atoms with E-state index in [2.05, 4.69) is 10.3 Å². The molecule has 2 aliphatic rings. The summed E-state index contributed by atoms with van der Waals surface area (Å²) in [6, 6.07) is 0. The van der Waals surface area contributed by atoms with Gasteiger partial charge in [-0.15, -0.1) is 5.10 Å². The molecule has 1 unspecified atom stereocenters. The average Bonchev–Trinajstić information content (AvgIpc) is 2.68. The maximum atomic E-state index is 11.8. The van der Waals surface area contributed by atoms with Gasteiger partial charge < -0.3 is 18.8 Å². The fourth-order valence-electron chi connectivity index (χ4n) is 1.68. The minimum absolute atomic E-state index is 0.00463. The molecule has 0 saturated heterocycles. The Balaban J connectivity index is 2.32. The Hall–Kier alpha value is -1.66. The van der Waals surface area contributed by atoms with Gasteiger partial charge in [-0.2, -0.15) is 4.57 Å².